The van der Waals surface area contributed by atoms with Gasteiger partial charge < -0.3 is 5.32 Å². The Morgan fingerprint density at radius 3 is 3.07 bits per heavy atom. The van der Waals surface area contributed by atoms with E-state index in [1.165, 1.54) is 36.9 Å². The lowest BCUT2D eigenvalue weighted by atomic mass is 9.74. The normalized spacial score (nSPS) is 26.3. The number of aryl methyl sites for hydroxylation is 1. The van der Waals surface area contributed by atoms with Crippen molar-refractivity contribution in [1.29, 1.82) is 0 Å². The lowest BCUT2D eigenvalue weighted by Crippen LogP contribution is -2.30. The van der Waals surface area contributed by atoms with Gasteiger partial charge in [0.1, 0.15) is 0 Å². The molecule has 80 valence electrons. The third kappa shape index (κ3) is 1.39. The first kappa shape index (κ1) is 9.34. The minimum Gasteiger partial charge on any atom is -0.319 e. The van der Waals surface area contributed by atoms with E-state index in [0.717, 1.165) is 6.54 Å². The zero-order valence-corrected chi connectivity index (χ0v) is 9.29. The van der Waals surface area contributed by atoms with E-state index in [-0.39, 0.29) is 0 Å². The molecule has 0 aromatic carbocycles. The summed E-state index contributed by atoms with van der Waals surface area (Å²) < 4.78 is 0. The molecule has 2 aliphatic carbocycles. The molecule has 1 spiro atoms. The molecule has 0 amide bonds. The summed E-state index contributed by atoms with van der Waals surface area (Å²) in [5.41, 5.74) is 3.49. The van der Waals surface area contributed by atoms with Gasteiger partial charge in [-0.2, -0.15) is 0 Å². The molecule has 1 aromatic heterocycles. The topological polar surface area (TPSA) is 24.9 Å². The van der Waals surface area contributed by atoms with Crippen LogP contribution in [0.25, 0.3) is 0 Å². The number of fused-ring (bicyclic) bond motifs is 1. The van der Waals surface area contributed by atoms with Crippen LogP contribution >= 0.6 is 0 Å². The molecule has 1 aromatic rings. The largest absolute Gasteiger partial charge is 0.319 e. The first-order valence-corrected chi connectivity index (χ1v) is 5.94. The maximum Gasteiger partial charge on any atom is 0.0439 e. The van der Waals surface area contributed by atoms with Gasteiger partial charge >= 0.3 is 0 Å². The van der Waals surface area contributed by atoms with Crippen molar-refractivity contribution in [2.75, 3.05) is 13.6 Å². The first-order chi connectivity index (χ1) is 7.36. The summed E-state index contributed by atoms with van der Waals surface area (Å²) in [5.74, 6) is 0.708. The molecule has 2 aliphatic rings. The Balaban J connectivity index is 2.00. The van der Waals surface area contributed by atoms with E-state index in [0.29, 0.717) is 11.3 Å². The molecular weight excluding hydrogens is 184 g/mol. The van der Waals surface area contributed by atoms with Gasteiger partial charge in [0.25, 0.3) is 0 Å². The molecule has 1 heterocycles. The standard InChI is InChI=1S/C13H18N2/c1-14-9-11-10-3-2-8-15-12(10)4-5-13(11)6-7-13/h2-3,8,11,14H,4-7,9H2,1H3. The van der Waals surface area contributed by atoms with E-state index in [1.54, 1.807) is 0 Å². The molecule has 0 aliphatic heterocycles. The summed E-state index contributed by atoms with van der Waals surface area (Å²) in [5, 5.41) is 3.35. The van der Waals surface area contributed by atoms with Crippen LogP contribution in [0.15, 0.2) is 18.3 Å². The molecule has 1 atom stereocenters. The predicted octanol–water partition coefficient (Wildman–Crippen LogP) is 2.11. The van der Waals surface area contributed by atoms with Crippen LogP contribution in [0.1, 0.15) is 36.4 Å². The highest BCUT2D eigenvalue weighted by Gasteiger charge is 2.51. The van der Waals surface area contributed by atoms with Gasteiger partial charge in [-0.25, -0.2) is 0 Å². The Hall–Kier alpha value is -0.890. The maximum atomic E-state index is 4.52. The first-order valence-electron chi connectivity index (χ1n) is 5.94. The van der Waals surface area contributed by atoms with Gasteiger partial charge in [-0.15, -0.1) is 0 Å². The van der Waals surface area contributed by atoms with Gasteiger partial charge in [0.05, 0.1) is 0 Å². The number of pyridine rings is 1. The molecule has 2 heteroatoms. The second-order valence-corrected chi connectivity index (χ2v) is 5.01. The lowest BCUT2D eigenvalue weighted by molar-refractivity contribution is 0.336. The van der Waals surface area contributed by atoms with Gasteiger partial charge in [0, 0.05) is 24.4 Å². The second kappa shape index (κ2) is 3.31. The molecule has 1 unspecified atom stereocenters. The Kier molecular flexibility index (Phi) is 2.06. The van der Waals surface area contributed by atoms with Crippen molar-refractivity contribution < 1.29 is 0 Å². The van der Waals surface area contributed by atoms with Crippen LogP contribution in [0.3, 0.4) is 0 Å². The zero-order valence-electron chi connectivity index (χ0n) is 9.29. The van der Waals surface area contributed by atoms with Crippen LogP contribution in [0.5, 0.6) is 0 Å². The maximum absolute atomic E-state index is 4.52. The van der Waals surface area contributed by atoms with Crippen LogP contribution in [0, 0.1) is 5.41 Å². The van der Waals surface area contributed by atoms with Gasteiger partial charge in [-0.05, 0) is 49.8 Å². The van der Waals surface area contributed by atoms with Gasteiger partial charge in [0.2, 0.25) is 0 Å². The van der Waals surface area contributed by atoms with E-state index in [9.17, 15) is 0 Å². The van der Waals surface area contributed by atoms with E-state index in [4.69, 9.17) is 0 Å². The smallest absolute Gasteiger partial charge is 0.0439 e. The van der Waals surface area contributed by atoms with Crippen LogP contribution in [-0.2, 0) is 6.42 Å². The number of hydrogen-bond acceptors (Lipinski definition) is 2. The van der Waals surface area contributed by atoms with E-state index < -0.39 is 0 Å². The minimum absolute atomic E-state index is 0.638. The summed E-state index contributed by atoms with van der Waals surface area (Å²) in [4.78, 5) is 4.52. The van der Waals surface area contributed by atoms with E-state index in [2.05, 4.69) is 29.5 Å². The number of rotatable bonds is 2. The number of nitrogens with one attached hydrogen (secondary N) is 1. The molecule has 0 radical (unpaired) electrons. The molecule has 0 bridgehead atoms. The van der Waals surface area contributed by atoms with E-state index in [1.807, 2.05) is 6.20 Å². The fraction of sp³-hybridized carbons (Fsp3) is 0.615. The van der Waals surface area contributed by atoms with Crippen LogP contribution in [0.2, 0.25) is 0 Å². The summed E-state index contributed by atoms with van der Waals surface area (Å²) in [7, 11) is 2.06. The molecule has 0 saturated heterocycles. The van der Waals surface area contributed by atoms with Gasteiger partial charge in [0.15, 0.2) is 0 Å². The van der Waals surface area contributed by atoms with Crippen molar-refractivity contribution in [3.05, 3.63) is 29.6 Å². The van der Waals surface area contributed by atoms with Crippen molar-refractivity contribution in [3.63, 3.8) is 0 Å². The van der Waals surface area contributed by atoms with Crippen molar-refractivity contribution in [1.82, 2.24) is 10.3 Å². The molecule has 3 rings (SSSR count). The molecular formula is C13H18N2. The van der Waals surface area contributed by atoms with Crippen molar-refractivity contribution >= 4 is 0 Å². The average molecular weight is 202 g/mol. The average Bonchev–Trinajstić information content (AvgIpc) is 3.04. The number of likely N-dealkylation sites (N-methyl/N-ethyl adjacent to an activating group) is 1. The monoisotopic (exact) mass is 202 g/mol. The third-order valence-electron chi connectivity index (χ3n) is 4.20. The molecule has 1 N–H and O–H groups in total. The van der Waals surface area contributed by atoms with Crippen molar-refractivity contribution in [3.8, 4) is 0 Å². The highest BCUT2D eigenvalue weighted by atomic mass is 14.8. The lowest BCUT2D eigenvalue weighted by Gasteiger charge is -2.33. The molecule has 1 saturated carbocycles. The van der Waals surface area contributed by atoms with E-state index >= 15 is 0 Å². The summed E-state index contributed by atoms with van der Waals surface area (Å²) >= 11 is 0. The highest BCUT2D eigenvalue weighted by Crippen LogP contribution is 2.61. The van der Waals surface area contributed by atoms with Gasteiger partial charge in [-0.1, -0.05) is 6.07 Å². The van der Waals surface area contributed by atoms with Gasteiger partial charge in [-0.3, -0.25) is 4.98 Å². The van der Waals surface area contributed by atoms with Crippen molar-refractivity contribution in [2.45, 2.75) is 31.6 Å². The number of aromatic nitrogens is 1. The van der Waals surface area contributed by atoms with Crippen LogP contribution < -0.4 is 5.32 Å². The quantitative estimate of drug-likeness (QED) is 0.794. The SMILES string of the molecule is CNCC1c2cccnc2CCC12CC2. The number of hydrogen-bond donors (Lipinski definition) is 1. The Labute approximate surface area is 91.1 Å². The Morgan fingerprint density at radius 1 is 1.47 bits per heavy atom. The van der Waals surface area contributed by atoms with Crippen LogP contribution in [-0.4, -0.2) is 18.6 Å². The zero-order chi connectivity index (χ0) is 10.3. The molecule has 15 heavy (non-hydrogen) atoms. The van der Waals surface area contributed by atoms with Crippen LogP contribution in [0.4, 0.5) is 0 Å². The summed E-state index contributed by atoms with van der Waals surface area (Å²) in [6, 6.07) is 4.37. The Bertz CT molecular complexity index is 369. The molecule has 1 fully saturated rings. The second-order valence-electron chi connectivity index (χ2n) is 5.01. The molecule has 2 nitrogen and oxygen atoms in total. The highest BCUT2D eigenvalue weighted by molar-refractivity contribution is 5.32. The summed E-state index contributed by atoms with van der Waals surface area (Å²) in [6.45, 7) is 1.11. The number of nitrogens with zero attached hydrogens (tertiary/aromatic N) is 1. The predicted molar refractivity (Wildman–Crippen MR) is 60.9 cm³/mol. The third-order valence-corrected chi connectivity index (χ3v) is 4.20. The fourth-order valence-corrected chi connectivity index (χ4v) is 3.14. The fourth-order valence-electron chi connectivity index (χ4n) is 3.14. The summed E-state index contributed by atoms with van der Waals surface area (Å²) in [6.07, 6.45) is 7.32. The van der Waals surface area contributed by atoms with Crippen molar-refractivity contribution in [2.24, 2.45) is 5.41 Å². The minimum atomic E-state index is 0.638. The Morgan fingerprint density at radius 2 is 2.33 bits per heavy atom.